The highest BCUT2D eigenvalue weighted by atomic mass is 17.2. The Labute approximate surface area is 159 Å². The summed E-state index contributed by atoms with van der Waals surface area (Å²) in [6, 6.07) is 0. The van der Waals surface area contributed by atoms with E-state index in [9.17, 15) is 4.79 Å². The Hall–Kier alpha value is -0.950. The average Bonchev–Trinajstić information content (AvgIpc) is 2.64. The lowest BCUT2D eigenvalue weighted by Gasteiger charge is -2.44. The second kappa shape index (κ2) is 13.3. The van der Waals surface area contributed by atoms with Crippen LogP contribution in [0.25, 0.3) is 0 Å². The molecule has 0 saturated heterocycles. The molecule has 0 N–H and O–H groups in total. The SMILES string of the molecule is C=C(C)C(=O)OOC(CCC)(CCCCCCCC)C(OC)(OC)OC. The van der Waals surface area contributed by atoms with Crippen LogP contribution in [0.2, 0.25) is 0 Å². The molecule has 0 bridgehead atoms. The van der Waals surface area contributed by atoms with Gasteiger partial charge in [-0.05, 0) is 19.8 Å². The van der Waals surface area contributed by atoms with Gasteiger partial charge in [0.05, 0.1) is 0 Å². The van der Waals surface area contributed by atoms with Gasteiger partial charge < -0.3 is 14.2 Å². The number of rotatable bonds is 16. The molecule has 0 fully saturated rings. The average molecular weight is 375 g/mol. The van der Waals surface area contributed by atoms with Crippen molar-refractivity contribution < 1.29 is 28.8 Å². The van der Waals surface area contributed by atoms with Crippen molar-refractivity contribution in [3.8, 4) is 0 Å². The number of carbonyl (C=O) groups excluding carboxylic acids is 1. The van der Waals surface area contributed by atoms with Crippen LogP contribution in [-0.4, -0.2) is 38.9 Å². The van der Waals surface area contributed by atoms with Crippen molar-refractivity contribution >= 4 is 5.97 Å². The van der Waals surface area contributed by atoms with Crippen molar-refractivity contribution in [3.63, 3.8) is 0 Å². The molecule has 1 atom stereocenters. The molecule has 0 radical (unpaired) electrons. The predicted octanol–water partition coefficient (Wildman–Crippen LogP) is 4.92. The molecule has 26 heavy (non-hydrogen) atoms. The van der Waals surface area contributed by atoms with Crippen molar-refractivity contribution in [2.24, 2.45) is 0 Å². The summed E-state index contributed by atoms with van der Waals surface area (Å²) in [5.74, 6) is -2.09. The third-order valence-corrected chi connectivity index (χ3v) is 4.58. The van der Waals surface area contributed by atoms with Crippen LogP contribution in [0.1, 0.15) is 78.6 Å². The number of hydrogen-bond acceptors (Lipinski definition) is 6. The van der Waals surface area contributed by atoms with Crippen molar-refractivity contribution in [1.82, 2.24) is 0 Å². The summed E-state index contributed by atoms with van der Waals surface area (Å²) >= 11 is 0. The second-order valence-electron chi connectivity index (χ2n) is 6.67. The molecule has 0 aromatic rings. The lowest BCUT2D eigenvalue weighted by atomic mass is 9.88. The smallest absolute Gasteiger partial charge is 0.328 e. The maximum atomic E-state index is 11.9. The third kappa shape index (κ3) is 6.99. The van der Waals surface area contributed by atoms with Gasteiger partial charge in [-0.3, -0.25) is 4.89 Å². The highest BCUT2D eigenvalue weighted by molar-refractivity contribution is 5.86. The summed E-state index contributed by atoms with van der Waals surface area (Å²) in [5.41, 5.74) is -0.816. The molecule has 0 aromatic heterocycles. The van der Waals surface area contributed by atoms with Crippen LogP contribution >= 0.6 is 0 Å². The Morgan fingerprint density at radius 3 is 1.85 bits per heavy atom. The fraction of sp³-hybridized carbons (Fsp3) is 0.850. The lowest BCUT2D eigenvalue weighted by molar-refractivity contribution is -0.480. The first kappa shape index (κ1) is 25.1. The largest absolute Gasteiger partial charge is 0.368 e. The predicted molar refractivity (Wildman–Crippen MR) is 101 cm³/mol. The van der Waals surface area contributed by atoms with Crippen molar-refractivity contribution in [1.29, 1.82) is 0 Å². The fourth-order valence-corrected chi connectivity index (χ4v) is 3.16. The highest BCUT2D eigenvalue weighted by Crippen LogP contribution is 2.40. The highest BCUT2D eigenvalue weighted by Gasteiger charge is 2.56. The van der Waals surface area contributed by atoms with Crippen molar-refractivity contribution in [3.05, 3.63) is 12.2 Å². The van der Waals surface area contributed by atoms with E-state index < -0.39 is 17.5 Å². The Kier molecular flexibility index (Phi) is 12.8. The Morgan fingerprint density at radius 1 is 0.846 bits per heavy atom. The monoisotopic (exact) mass is 374 g/mol. The van der Waals surface area contributed by atoms with E-state index in [1.807, 2.05) is 6.92 Å². The van der Waals surface area contributed by atoms with Gasteiger partial charge in [-0.15, -0.1) is 0 Å². The van der Waals surface area contributed by atoms with Crippen LogP contribution < -0.4 is 0 Å². The van der Waals surface area contributed by atoms with Crippen LogP contribution in [0.5, 0.6) is 0 Å². The minimum Gasteiger partial charge on any atom is -0.328 e. The molecule has 0 rings (SSSR count). The van der Waals surface area contributed by atoms with E-state index in [2.05, 4.69) is 13.5 Å². The van der Waals surface area contributed by atoms with E-state index in [4.69, 9.17) is 24.0 Å². The van der Waals surface area contributed by atoms with E-state index in [-0.39, 0.29) is 5.57 Å². The van der Waals surface area contributed by atoms with Gasteiger partial charge in [0.2, 0.25) is 0 Å². The maximum Gasteiger partial charge on any atom is 0.368 e. The van der Waals surface area contributed by atoms with Crippen LogP contribution in [0, 0.1) is 0 Å². The minimum atomic E-state index is -1.47. The first-order valence-electron chi connectivity index (χ1n) is 9.59. The van der Waals surface area contributed by atoms with Gasteiger partial charge in [0.1, 0.15) is 0 Å². The standard InChI is InChI=1S/C20H38O6/c1-8-10-11-12-13-14-16-19(15-9-2,20(22-5,23-6)24-7)26-25-18(21)17(3)4/h3,8-16H2,1-2,4-7H3. The van der Waals surface area contributed by atoms with Crippen LogP contribution in [0.15, 0.2) is 12.2 Å². The molecule has 0 amide bonds. The molecule has 6 nitrogen and oxygen atoms in total. The molecule has 6 heteroatoms. The zero-order valence-corrected chi connectivity index (χ0v) is 17.5. The first-order chi connectivity index (χ1) is 12.4. The summed E-state index contributed by atoms with van der Waals surface area (Å²) in [5, 5.41) is 0. The Balaban J connectivity index is 5.33. The molecular weight excluding hydrogens is 336 g/mol. The Morgan fingerprint density at radius 2 is 1.38 bits per heavy atom. The zero-order chi connectivity index (χ0) is 20.1. The number of ether oxygens (including phenoxy) is 3. The molecule has 0 saturated carbocycles. The summed E-state index contributed by atoms with van der Waals surface area (Å²) in [7, 11) is 4.47. The van der Waals surface area contributed by atoms with Crippen molar-refractivity contribution in [2.45, 2.75) is 90.1 Å². The third-order valence-electron chi connectivity index (χ3n) is 4.58. The lowest BCUT2D eigenvalue weighted by Crippen LogP contribution is -2.60. The number of hydrogen-bond donors (Lipinski definition) is 0. The van der Waals surface area contributed by atoms with Gasteiger partial charge in [0.15, 0.2) is 5.60 Å². The number of carbonyl (C=O) groups is 1. The summed E-state index contributed by atoms with van der Waals surface area (Å²) in [4.78, 5) is 22.6. The summed E-state index contributed by atoms with van der Waals surface area (Å²) < 4.78 is 16.7. The molecule has 0 aromatic carbocycles. The van der Waals surface area contributed by atoms with Gasteiger partial charge in [0, 0.05) is 26.9 Å². The summed E-state index contributed by atoms with van der Waals surface area (Å²) in [6.45, 7) is 9.36. The van der Waals surface area contributed by atoms with Gasteiger partial charge in [-0.1, -0.05) is 65.4 Å². The molecule has 0 heterocycles. The molecule has 1 unspecified atom stereocenters. The molecule has 0 aliphatic rings. The first-order valence-corrected chi connectivity index (χ1v) is 9.59. The van der Waals surface area contributed by atoms with Crippen LogP contribution in [0.4, 0.5) is 0 Å². The molecule has 0 aliphatic carbocycles. The fourth-order valence-electron chi connectivity index (χ4n) is 3.16. The van der Waals surface area contributed by atoms with Crippen molar-refractivity contribution in [2.75, 3.05) is 21.3 Å². The molecule has 154 valence electrons. The van der Waals surface area contributed by atoms with E-state index in [1.54, 1.807) is 6.92 Å². The van der Waals surface area contributed by atoms with Crippen LogP contribution in [0.3, 0.4) is 0 Å². The number of methoxy groups -OCH3 is 3. The molecule has 0 aliphatic heterocycles. The van der Waals surface area contributed by atoms with Gasteiger partial charge in [-0.2, -0.15) is 4.89 Å². The van der Waals surface area contributed by atoms with E-state index in [0.29, 0.717) is 12.8 Å². The minimum absolute atomic E-state index is 0.257. The number of unbranched alkanes of at least 4 members (excludes halogenated alkanes) is 5. The summed E-state index contributed by atoms with van der Waals surface area (Å²) in [6.07, 6.45) is 8.65. The van der Waals surface area contributed by atoms with Gasteiger partial charge >= 0.3 is 11.9 Å². The molecule has 0 spiro atoms. The van der Waals surface area contributed by atoms with Gasteiger partial charge in [-0.25, -0.2) is 4.79 Å². The van der Waals surface area contributed by atoms with Gasteiger partial charge in [0.25, 0.3) is 0 Å². The van der Waals surface area contributed by atoms with E-state index >= 15 is 0 Å². The Bertz CT molecular complexity index is 397. The van der Waals surface area contributed by atoms with E-state index in [1.165, 1.54) is 40.6 Å². The quantitative estimate of drug-likeness (QED) is 0.126. The second-order valence-corrected chi connectivity index (χ2v) is 6.67. The zero-order valence-electron chi connectivity index (χ0n) is 17.5. The van der Waals surface area contributed by atoms with Crippen LogP contribution in [-0.2, 0) is 28.8 Å². The normalized spacial score (nSPS) is 14.1. The molecular formula is C20H38O6. The topological polar surface area (TPSA) is 63.2 Å². The van der Waals surface area contributed by atoms with E-state index in [0.717, 1.165) is 25.7 Å². The maximum absolute atomic E-state index is 11.9.